The molecule has 0 saturated carbocycles. The number of imidazole rings is 2. The lowest BCUT2D eigenvalue weighted by atomic mass is 9.73. The number of nitrogens with zero attached hydrogens (tertiary/aromatic N) is 4. The zero-order valence-electron chi connectivity index (χ0n) is 34.8. The van der Waals surface area contributed by atoms with Gasteiger partial charge in [0.05, 0.1) is 46.2 Å². The molecule has 0 spiro atoms. The van der Waals surface area contributed by atoms with Crippen LogP contribution in [-0.4, -0.2) is 46.1 Å². The molecule has 324 valence electrons. The van der Waals surface area contributed by atoms with Crippen LogP contribution >= 0.6 is 0 Å². The number of hydrogen-bond donors (Lipinski definition) is 4. The first-order valence-electron chi connectivity index (χ1n) is 22.4. The highest BCUT2D eigenvalue weighted by molar-refractivity contribution is 5.78. The van der Waals surface area contributed by atoms with Gasteiger partial charge >= 0.3 is 0 Å². The van der Waals surface area contributed by atoms with Crippen LogP contribution in [0, 0.1) is 29.2 Å². The van der Waals surface area contributed by atoms with E-state index in [1.807, 2.05) is 36.4 Å². The first-order chi connectivity index (χ1) is 30.7. The van der Waals surface area contributed by atoms with E-state index in [0.717, 1.165) is 50.4 Å². The molecule has 7 aromatic rings. The van der Waals surface area contributed by atoms with E-state index in [0.29, 0.717) is 70.0 Å². The SMILES string of the molecule is Fc1cc2nc([C@@H]3CCCN3)[nH]c2cc1C1CC[C@H](c2cc3[nH]c([C@@H]4CCCN4)nc3cc2F)N1c1cc(F)c(N2CCC(C(F)(c3ccccc3)c3ccccc3)CC2)c(F)c1. The average molecular weight is 857 g/mol. The fraction of sp³-hybridized carbons (Fsp3) is 0.360. The van der Waals surface area contributed by atoms with Crippen LogP contribution in [0.2, 0.25) is 0 Å². The van der Waals surface area contributed by atoms with Crippen LogP contribution in [0.3, 0.4) is 0 Å². The molecule has 13 heteroatoms. The number of piperidine rings is 1. The van der Waals surface area contributed by atoms with Crippen LogP contribution < -0.4 is 20.4 Å². The Morgan fingerprint density at radius 3 is 1.48 bits per heavy atom. The summed E-state index contributed by atoms with van der Waals surface area (Å²) in [6.07, 6.45) is 5.37. The number of benzene rings is 5. The molecule has 4 aliphatic heterocycles. The van der Waals surface area contributed by atoms with Crippen LogP contribution in [0.15, 0.2) is 97.1 Å². The topological polar surface area (TPSA) is 87.9 Å². The average Bonchev–Trinajstić information content (AvgIpc) is 4.16. The van der Waals surface area contributed by atoms with Crippen LogP contribution in [0.25, 0.3) is 22.1 Å². The van der Waals surface area contributed by atoms with E-state index in [1.165, 1.54) is 24.3 Å². The normalized spacial score (nSPS) is 22.3. The van der Waals surface area contributed by atoms with Crippen molar-refractivity contribution in [2.75, 3.05) is 36.0 Å². The number of H-pyrrole nitrogens is 2. The molecule has 4 saturated heterocycles. The molecule has 6 heterocycles. The van der Waals surface area contributed by atoms with Gasteiger partial charge in [-0.15, -0.1) is 0 Å². The Balaban J connectivity index is 0.943. The molecule has 0 radical (unpaired) electrons. The van der Waals surface area contributed by atoms with Crippen LogP contribution in [0.1, 0.15) is 109 Å². The molecule has 4 atom stereocenters. The number of aromatic nitrogens is 4. The predicted octanol–water partition coefficient (Wildman–Crippen LogP) is 11.1. The first-order valence-corrected chi connectivity index (χ1v) is 22.4. The van der Waals surface area contributed by atoms with Crippen molar-refractivity contribution in [2.45, 2.75) is 81.2 Å². The first kappa shape index (κ1) is 40.0. The van der Waals surface area contributed by atoms with Crippen molar-refractivity contribution in [3.63, 3.8) is 0 Å². The number of alkyl halides is 1. The summed E-state index contributed by atoms with van der Waals surface area (Å²) in [6.45, 7) is 2.23. The van der Waals surface area contributed by atoms with E-state index >= 15 is 22.0 Å². The van der Waals surface area contributed by atoms with Gasteiger partial charge < -0.3 is 30.4 Å². The van der Waals surface area contributed by atoms with Gasteiger partial charge in [-0.2, -0.15) is 0 Å². The molecule has 4 fully saturated rings. The fourth-order valence-electron chi connectivity index (χ4n) is 11.1. The summed E-state index contributed by atoms with van der Waals surface area (Å²) in [5, 5.41) is 6.87. The minimum absolute atomic E-state index is 0.0455. The highest BCUT2D eigenvalue weighted by atomic mass is 19.2. The lowest BCUT2D eigenvalue weighted by molar-refractivity contribution is 0.105. The quantitative estimate of drug-likeness (QED) is 0.108. The fourth-order valence-corrected chi connectivity index (χ4v) is 11.1. The van der Waals surface area contributed by atoms with Crippen molar-refractivity contribution in [3.05, 3.63) is 154 Å². The Morgan fingerprint density at radius 1 is 0.556 bits per heavy atom. The number of anilines is 2. The summed E-state index contributed by atoms with van der Waals surface area (Å²) in [4.78, 5) is 19.6. The van der Waals surface area contributed by atoms with Crippen LogP contribution in [-0.2, 0) is 5.67 Å². The molecule has 8 nitrogen and oxygen atoms in total. The summed E-state index contributed by atoms with van der Waals surface area (Å²) >= 11 is 0. The van der Waals surface area contributed by atoms with E-state index in [-0.39, 0.29) is 36.5 Å². The Hall–Kier alpha value is -5.79. The van der Waals surface area contributed by atoms with Crippen molar-refractivity contribution >= 4 is 33.4 Å². The number of rotatable bonds is 9. The molecule has 63 heavy (non-hydrogen) atoms. The van der Waals surface area contributed by atoms with E-state index in [1.54, 1.807) is 46.2 Å². The lowest BCUT2D eigenvalue weighted by Crippen LogP contribution is -2.42. The predicted molar refractivity (Wildman–Crippen MR) is 235 cm³/mol. The Kier molecular flexibility index (Phi) is 10.2. The summed E-state index contributed by atoms with van der Waals surface area (Å²) in [5.41, 5.74) is 2.25. The van der Waals surface area contributed by atoms with Gasteiger partial charge in [0.2, 0.25) is 0 Å². The van der Waals surface area contributed by atoms with E-state index in [9.17, 15) is 0 Å². The summed E-state index contributed by atoms with van der Waals surface area (Å²) in [7, 11) is 0. The maximum atomic E-state index is 17.5. The van der Waals surface area contributed by atoms with Gasteiger partial charge in [0.15, 0.2) is 17.3 Å². The Morgan fingerprint density at radius 2 is 1.03 bits per heavy atom. The van der Waals surface area contributed by atoms with Gasteiger partial charge in [0, 0.05) is 48.0 Å². The molecule has 0 bridgehead atoms. The zero-order valence-corrected chi connectivity index (χ0v) is 34.8. The second-order valence-corrected chi connectivity index (χ2v) is 17.8. The van der Waals surface area contributed by atoms with Crippen LogP contribution in [0.4, 0.5) is 33.3 Å². The largest absolute Gasteiger partial charge is 0.367 e. The number of halogens is 5. The summed E-state index contributed by atoms with van der Waals surface area (Å²) in [6, 6.07) is 25.8. The molecule has 2 aromatic heterocycles. The van der Waals surface area contributed by atoms with Crippen LogP contribution in [0.5, 0.6) is 0 Å². The smallest absolute Gasteiger partial charge is 0.163 e. The van der Waals surface area contributed by atoms with E-state index in [2.05, 4.69) is 20.6 Å². The van der Waals surface area contributed by atoms with Crippen molar-refractivity contribution < 1.29 is 22.0 Å². The Labute approximate surface area is 362 Å². The monoisotopic (exact) mass is 856 g/mol. The van der Waals surface area contributed by atoms with Gasteiger partial charge in [-0.25, -0.2) is 31.9 Å². The van der Waals surface area contributed by atoms with Crippen molar-refractivity contribution in [2.24, 2.45) is 5.92 Å². The maximum Gasteiger partial charge on any atom is 0.163 e. The summed E-state index contributed by atoms with van der Waals surface area (Å²) < 4.78 is 84.0. The van der Waals surface area contributed by atoms with E-state index in [4.69, 9.17) is 9.97 Å². The standard InChI is InChI=1S/C50H49F5N8/c51-35-27-43-41(58-48(60-43)39-13-7-19-56-39)25-33(35)45-15-16-46(34-26-42-44(28-36(34)52)61-49(59-42)40-14-8-20-57-40)63(45)32-23-37(53)47(38(54)24-32)62-21-17-31(18-22-62)50(55,29-9-3-1-4-10-29)30-11-5-2-6-12-30/h1-6,9-12,23-28,31,39-40,45-46,56-57H,7-8,13-22H2,(H,58,60)(H,59,61)/t39-,40-,45+,46?/m0/s1. The molecule has 5 aromatic carbocycles. The van der Waals surface area contributed by atoms with Gasteiger partial charge in [-0.3, -0.25) is 0 Å². The maximum absolute atomic E-state index is 17.5. The van der Waals surface area contributed by atoms with Gasteiger partial charge in [0.25, 0.3) is 0 Å². The molecular weight excluding hydrogens is 808 g/mol. The second kappa shape index (κ2) is 16.1. The molecule has 4 N–H and O–H groups in total. The van der Waals surface area contributed by atoms with Gasteiger partial charge in [-0.1, -0.05) is 60.7 Å². The third-order valence-electron chi connectivity index (χ3n) is 14.2. The molecule has 1 unspecified atom stereocenters. The number of hydrogen-bond acceptors (Lipinski definition) is 6. The molecule has 4 aliphatic rings. The third kappa shape index (κ3) is 7.04. The number of nitrogens with one attached hydrogen (secondary N) is 4. The van der Waals surface area contributed by atoms with Crippen molar-refractivity contribution in [1.29, 1.82) is 0 Å². The third-order valence-corrected chi connectivity index (χ3v) is 14.2. The van der Waals surface area contributed by atoms with Gasteiger partial charge in [-0.05, 0) is 99.8 Å². The zero-order chi connectivity index (χ0) is 42.8. The molecule has 0 amide bonds. The molecule has 11 rings (SSSR count). The van der Waals surface area contributed by atoms with Gasteiger partial charge in [0.1, 0.15) is 29.0 Å². The highest BCUT2D eigenvalue weighted by Gasteiger charge is 2.45. The molecular formula is C50H49F5N8. The minimum Gasteiger partial charge on any atom is -0.367 e. The molecule has 0 aliphatic carbocycles. The number of aromatic amines is 2. The Bertz CT molecular complexity index is 2600. The highest BCUT2D eigenvalue weighted by Crippen LogP contribution is 2.51. The van der Waals surface area contributed by atoms with Crippen molar-refractivity contribution in [1.82, 2.24) is 30.6 Å². The second-order valence-electron chi connectivity index (χ2n) is 17.8. The number of fused-ring (bicyclic) bond motifs is 2. The van der Waals surface area contributed by atoms with E-state index < -0.39 is 46.9 Å². The van der Waals surface area contributed by atoms with Crippen molar-refractivity contribution in [3.8, 4) is 0 Å². The lowest BCUT2D eigenvalue weighted by Gasteiger charge is -2.41. The summed E-state index contributed by atoms with van der Waals surface area (Å²) in [5.74, 6) is -1.53. The minimum atomic E-state index is -1.79.